The molecule has 1 fully saturated rings. The van der Waals surface area contributed by atoms with Crippen LogP contribution >= 0.6 is 11.6 Å². The molecule has 0 bridgehead atoms. The van der Waals surface area contributed by atoms with Crippen LogP contribution in [0.5, 0.6) is 11.5 Å². The molecule has 2 aromatic carbocycles. The smallest absolute Gasteiger partial charge is 0.246 e. The Morgan fingerprint density at radius 1 is 1.10 bits per heavy atom. The summed E-state index contributed by atoms with van der Waals surface area (Å²) in [7, 11) is -0.880. The van der Waals surface area contributed by atoms with Crippen LogP contribution in [0.2, 0.25) is 5.02 Å². The van der Waals surface area contributed by atoms with Gasteiger partial charge < -0.3 is 19.5 Å². The lowest BCUT2D eigenvalue weighted by atomic mass is 10.1. The predicted octanol–water partition coefficient (Wildman–Crippen LogP) is 2.56. The van der Waals surface area contributed by atoms with E-state index in [1.54, 1.807) is 30.3 Å². The number of methoxy groups -OCH3 is 2. The van der Waals surface area contributed by atoms with E-state index < -0.39 is 10.0 Å². The molecule has 0 aliphatic carbocycles. The number of nitrogens with zero attached hydrogens (tertiary/aromatic N) is 1. The third-order valence-electron chi connectivity index (χ3n) is 4.62. The first-order chi connectivity index (χ1) is 14.3. The van der Waals surface area contributed by atoms with Crippen LogP contribution in [0.15, 0.2) is 41.3 Å². The van der Waals surface area contributed by atoms with E-state index in [1.807, 2.05) is 0 Å². The monoisotopic (exact) mass is 454 g/mol. The topological polar surface area (TPSA) is 94.2 Å². The van der Waals surface area contributed by atoms with Crippen molar-refractivity contribution < 1.29 is 27.4 Å². The number of carbonyl (C=O) groups excluding carboxylic acids is 1. The number of amides is 1. The normalized spacial score (nSPS) is 14.9. The number of rotatable bonds is 7. The van der Waals surface area contributed by atoms with Gasteiger partial charge in [-0.05, 0) is 35.9 Å². The summed E-state index contributed by atoms with van der Waals surface area (Å²) >= 11 is 5.99. The summed E-state index contributed by atoms with van der Waals surface area (Å²) in [4.78, 5) is 12.6. The van der Waals surface area contributed by atoms with Crippen molar-refractivity contribution in [1.82, 2.24) is 4.31 Å². The number of anilines is 1. The molecule has 1 aliphatic rings. The fraction of sp³-hybridized carbons (Fsp3) is 0.350. The Kier molecular flexibility index (Phi) is 7.19. The van der Waals surface area contributed by atoms with Gasteiger partial charge in [-0.2, -0.15) is 4.31 Å². The highest BCUT2D eigenvalue weighted by Gasteiger charge is 2.29. The second-order valence-corrected chi connectivity index (χ2v) is 8.91. The average molecular weight is 455 g/mol. The number of halogens is 1. The third kappa shape index (κ3) is 5.04. The van der Waals surface area contributed by atoms with E-state index in [-0.39, 0.29) is 36.1 Å². The Labute approximate surface area is 180 Å². The molecule has 0 aromatic heterocycles. The highest BCUT2D eigenvalue weighted by Crippen LogP contribution is 2.30. The number of sulfonamides is 1. The van der Waals surface area contributed by atoms with Crippen molar-refractivity contribution in [1.29, 1.82) is 0 Å². The standard InChI is InChI=1S/C20H23ClN2O6S/c1-27-17-6-4-15(21)13-16(17)22-20(24)12-14-3-5-18(28-2)19(11-14)30(25,26)23-7-9-29-10-8-23/h3-6,11,13H,7-10,12H2,1-2H3,(H,22,24). The third-order valence-corrected chi connectivity index (χ3v) is 6.77. The first-order valence-corrected chi connectivity index (χ1v) is 11.0. The van der Waals surface area contributed by atoms with Gasteiger partial charge in [0.05, 0.1) is 39.5 Å². The van der Waals surface area contributed by atoms with Crippen LogP contribution in [0.4, 0.5) is 5.69 Å². The lowest BCUT2D eigenvalue weighted by molar-refractivity contribution is -0.115. The molecular formula is C20H23ClN2O6S. The Morgan fingerprint density at radius 3 is 2.43 bits per heavy atom. The molecule has 30 heavy (non-hydrogen) atoms. The Balaban J connectivity index is 1.83. The number of hydrogen-bond acceptors (Lipinski definition) is 6. The van der Waals surface area contributed by atoms with E-state index in [0.717, 1.165) is 0 Å². The van der Waals surface area contributed by atoms with Crippen molar-refractivity contribution >= 4 is 33.2 Å². The summed E-state index contributed by atoms with van der Waals surface area (Å²) < 4.78 is 43.2. The Hall–Kier alpha value is -2.33. The van der Waals surface area contributed by atoms with Crippen LogP contribution in [0, 0.1) is 0 Å². The van der Waals surface area contributed by atoms with E-state index >= 15 is 0 Å². The quantitative estimate of drug-likeness (QED) is 0.691. The molecule has 1 aliphatic heterocycles. The molecular weight excluding hydrogens is 432 g/mol. The molecule has 2 aromatic rings. The minimum absolute atomic E-state index is 0.0255. The maximum atomic E-state index is 13.1. The molecule has 1 amide bonds. The maximum Gasteiger partial charge on any atom is 0.246 e. The van der Waals surface area contributed by atoms with Crippen LogP contribution in [-0.2, 0) is 26.0 Å². The zero-order chi connectivity index (χ0) is 21.7. The van der Waals surface area contributed by atoms with Gasteiger partial charge in [-0.25, -0.2) is 8.42 Å². The highest BCUT2D eigenvalue weighted by molar-refractivity contribution is 7.89. The maximum absolute atomic E-state index is 13.1. The second kappa shape index (κ2) is 9.65. The van der Waals surface area contributed by atoms with Crippen molar-refractivity contribution in [2.75, 3.05) is 45.8 Å². The van der Waals surface area contributed by atoms with E-state index in [4.69, 9.17) is 25.8 Å². The van der Waals surface area contributed by atoms with Gasteiger partial charge in [0.2, 0.25) is 15.9 Å². The fourth-order valence-electron chi connectivity index (χ4n) is 3.12. The number of ether oxygens (including phenoxy) is 3. The minimum atomic E-state index is -3.78. The molecule has 0 radical (unpaired) electrons. The van der Waals surface area contributed by atoms with Crippen LogP contribution in [0.1, 0.15) is 5.56 Å². The molecule has 0 atom stereocenters. The lowest BCUT2D eigenvalue weighted by Crippen LogP contribution is -2.40. The number of benzene rings is 2. The van der Waals surface area contributed by atoms with Gasteiger partial charge in [0.15, 0.2) is 0 Å². The fourth-order valence-corrected chi connectivity index (χ4v) is 4.90. The zero-order valence-electron chi connectivity index (χ0n) is 16.7. The van der Waals surface area contributed by atoms with E-state index in [1.165, 1.54) is 24.6 Å². The van der Waals surface area contributed by atoms with Crippen molar-refractivity contribution in [2.24, 2.45) is 0 Å². The van der Waals surface area contributed by atoms with Gasteiger partial charge >= 0.3 is 0 Å². The van der Waals surface area contributed by atoms with E-state index in [0.29, 0.717) is 35.2 Å². The van der Waals surface area contributed by atoms with Crippen LogP contribution < -0.4 is 14.8 Å². The predicted molar refractivity (Wildman–Crippen MR) is 113 cm³/mol. The molecule has 8 nitrogen and oxygen atoms in total. The van der Waals surface area contributed by atoms with Crippen molar-refractivity contribution in [3.63, 3.8) is 0 Å². The summed E-state index contributed by atoms with van der Waals surface area (Å²) in [5.41, 5.74) is 0.964. The first kappa shape index (κ1) is 22.4. The number of morpholine rings is 1. The van der Waals surface area contributed by atoms with Crippen molar-refractivity contribution in [3.8, 4) is 11.5 Å². The second-order valence-electron chi connectivity index (χ2n) is 6.57. The molecule has 162 valence electrons. The molecule has 1 saturated heterocycles. The Morgan fingerprint density at radius 2 is 1.77 bits per heavy atom. The zero-order valence-corrected chi connectivity index (χ0v) is 18.3. The van der Waals surface area contributed by atoms with Crippen LogP contribution in [0.25, 0.3) is 0 Å². The van der Waals surface area contributed by atoms with Gasteiger partial charge in [-0.1, -0.05) is 17.7 Å². The summed E-state index contributed by atoms with van der Waals surface area (Å²) in [6.45, 7) is 1.21. The molecule has 0 unspecified atom stereocenters. The summed E-state index contributed by atoms with van der Waals surface area (Å²) in [6.07, 6.45) is -0.0364. The molecule has 0 saturated carbocycles. The SMILES string of the molecule is COc1ccc(Cl)cc1NC(=O)Cc1ccc(OC)c(S(=O)(=O)N2CCOCC2)c1. The van der Waals surface area contributed by atoms with Gasteiger partial charge in [-0.3, -0.25) is 4.79 Å². The van der Waals surface area contributed by atoms with Crippen LogP contribution in [-0.4, -0.2) is 59.2 Å². The van der Waals surface area contributed by atoms with Gasteiger partial charge in [0.1, 0.15) is 16.4 Å². The van der Waals surface area contributed by atoms with Crippen molar-refractivity contribution in [3.05, 3.63) is 47.0 Å². The average Bonchev–Trinajstić information content (AvgIpc) is 2.74. The number of hydrogen-bond donors (Lipinski definition) is 1. The first-order valence-electron chi connectivity index (χ1n) is 9.23. The number of nitrogens with one attached hydrogen (secondary N) is 1. The number of carbonyl (C=O) groups is 1. The molecule has 1 heterocycles. The lowest BCUT2D eigenvalue weighted by Gasteiger charge is -2.26. The summed E-state index contributed by atoms with van der Waals surface area (Å²) in [6, 6.07) is 9.57. The highest BCUT2D eigenvalue weighted by atomic mass is 35.5. The van der Waals surface area contributed by atoms with Gasteiger partial charge in [-0.15, -0.1) is 0 Å². The van der Waals surface area contributed by atoms with Crippen molar-refractivity contribution in [2.45, 2.75) is 11.3 Å². The minimum Gasteiger partial charge on any atom is -0.495 e. The van der Waals surface area contributed by atoms with Gasteiger partial charge in [0, 0.05) is 18.1 Å². The molecule has 10 heteroatoms. The summed E-state index contributed by atoms with van der Waals surface area (Å²) in [5, 5.41) is 3.20. The molecule has 3 rings (SSSR count). The Bertz CT molecular complexity index is 1020. The van der Waals surface area contributed by atoms with E-state index in [2.05, 4.69) is 5.32 Å². The summed E-state index contributed by atoms with van der Waals surface area (Å²) in [5.74, 6) is 0.357. The molecule has 0 spiro atoms. The molecule has 1 N–H and O–H groups in total. The van der Waals surface area contributed by atoms with Gasteiger partial charge in [0.25, 0.3) is 0 Å². The largest absolute Gasteiger partial charge is 0.495 e. The van der Waals surface area contributed by atoms with E-state index in [9.17, 15) is 13.2 Å². The van der Waals surface area contributed by atoms with Crippen LogP contribution in [0.3, 0.4) is 0 Å².